The molecule has 0 heterocycles. The van der Waals surface area contributed by atoms with Crippen molar-refractivity contribution < 1.29 is 4.79 Å². The smallest absolute Gasteiger partial charge is 0.241 e. The highest BCUT2D eigenvalue weighted by Gasteiger charge is 1.94. The molecule has 66 valence electrons. The predicted octanol–water partition coefficient (Wildman–Crippen LogP) is 1.10. The quantitative estimate of drug-likeness (QED) is 0.523. The molecule has 0 aliphatic carbocycles. The summed E-state index contributed by atoms with van der Waals surface area (Å²) in [5, 5.41) is 7.53. The van der Waals surface area contributed by atoms with E-state index in [0.717, 1.165) is 5.56 Å². The molecule has 0 aliphatic heterocycles. The van der Waals surface area contributed by atoms with E-state index in [2.05, 4.69) is 0 Å². The number of nitrogens with one attached hydrogen (secondary N) is 1. The zero-order valence-corrected chi connectivity index (χ0v) is 7.03. The fourth-order valence-corrected chi connectivity index (χ4v) is 0.879. The van der Waals surface area contributed by atoms with Gasteiger partial charge in [0.1, 0.15) is 0 Å². The van der Waals surface area contributed by atoms with Crippen molar-refractivity contribution in [2.45, 2.75) is 0 Å². The van der Waals surface area contributed by atoms with Gasteiger partial charge in [-0.3, -0.25) is 4.79 Å². The molecule has 3 nitrogen and oxygen atoms in total. The van der Waals surface area contributed by atoms with Gasteiger partial charge in [-0.25, -0.2) is 0 Å². The summed E-state index contributed by atoms with van der Waals surface area (Å²) in [6, 6.07) is 9.14. The number of carbonyl (C=O) groups excluding carboxylic acids is 1. The van der Waals surface area contributed by atoms with E-state index in [1.165, 1.54) is 12.2 Å². The summed E-state index contributed by atoms with van der Waals surface area (Å²) in [7, 11) is 0. The minimum absolute atomic E-state index is 0.277. The highest BCUT2D eigenvalue weighted by Crippen LogP contribution is 2.00. The Balaban J connectivity index is 2.76. The first-order chi connectivity index (χ1) is 6.20. The van der Waals surface area contributed by atoms with Gasteiger partial charge in [-0.1, -0.05) is 30.3 Å². The largest absolute Gasteiger partial charge is 0.366 e. The Labute approximate surface area is 76.4 Å². The Morgan fingerprint density at radius 3 is 2.38 bits per heavy atom. The Kier molecular flexibility index (Phi) is 2.97. The first-order valence-corrected chi connectivity index (χ1v) is 3.81. The molecule has 3 heteroatoms. The summed E-state index contributed by atoms with van der Waals surface area (Å²) in [6.07, 6.45) is 2.56. The Morgan fingerprint density at radius 1 is 1.23 bits per heavy atom. The standard InChI is InChI=1S/C10H10N2O/c11-9(6-7-10(12)13)8-4-2-1-3-5-8/h1-7,11H,(H2,12,13). The van der Waals surface area contributed by atoms with Crippen molar-refractivity contribution in [2.24, 2.45) is 5.73 Å². The second-order valence-electron chi connectivity index (χ2n) is 2.52. The molecule has 0 saturated carbocycles. The number of nitrogens with two attached hydrogens (primary N) is 1. The van der Waals surface area contributed by atoms with Crippen LogP contribution in [-0.2, 0) is 4.79 Å². The van der Waals surface area contributed by atoms with Crippen LogP contribution in [0.15, 0.2) is 42.5 Å². The van der Waals surface area contributed by atoms with Gasteiger partial charge in [0.25, 0.3) is 0 Å². The molecule has 3 N–H and O–H groups in total. The lowest BCUT2D eigenvalue weighted by molar-refractivity contribution is -0.113. The summed E-state index contributed by atoms with van der Waals surface area (Å²) in [5.41, 5.74) is 5.94. The van der Waals surface area contributed by atoms with Crippen LogP contribution in [0.5, 0.6) is 0 Å². The molecule has 13 heavy (non-hydrogen) atoms. The Hall–Kier alpha value is -1.90. The van der Waals surface area contributed by atoms with Gasteiger partial charge in [-0.15, -0.1) is 0 Å². The van der Waals surface area contributed by atoms with E-state index in [9.17, 15) is 4.79 Å². The Bertz CT molecular complexity index is 341. The number of primary amides is 1. The summed E-state index contributed by atoms with van der Waals surface area (Å²) < 4.78 is 0. The molecule has 0 bridgehead atoms. The van der Waals surface area contributed by atoms with Crippen LogP contribution in [0.25, 0.3) is 0 Å². The highest BCUT2D eigenvalue weighted by molar-refractivity contribution is 6.09. The number of hydrogen-bond donors (Lipinski definition) is 2. The average Bonchev–Trinajstić information content (AvgIpc) is 2.15. The van der Waals surface area contributed by atoms with Crippen molar-refractivity contribution in [3.63, 3.8) is 0 Å². The minimum Gasteiger partial charge on any atom is -0.366 e. The second-order valence-corrected chi connectivity index (χ2v) is 2.52. The molecule has 0 radical (unpaired) electrons. The number of allylic oxidation sites excluding steroid dienone is 1. The van der Waals surface area contributed by atoms with E-state index in [1.807, 2.05) is 18.2 Å². The van der Waals surface area contributed by atoms with Gasteiger partial charge in [-0.2, -0.15) is 0 Å². The number of benzene rings is 1. The SMILES string of the molecule is N=C(C=CC(N)=O)c1ccccc1. The molecular formula is C10H10N2O. The molecule has 1 rings (SSSR count). The van der Waals surface area contributed by atoms with Crippen molar-refractivity contribution in [3.8, 4) is 0 Å². The van der Waals surface area contributed by atoms with Crippen molar-refractivity contribution in [3.05, 3.63) is 48.0 Å². The third kappa shape index (κ3) is 2.91. The van der Waals surface area contributed by atoms with Gasteiger partial charge in [0.15, 0.2) is 0 Å². The van der Waals surface area contributed by atoms with Crippen LogP contribution >= 0.6 is 0 Å². The topological polar surface area (TPSA) is 66.9 Å². The van der Waals surface area contributed by atoms with E-state index < -0.39 is 5.91 Å². The monoisotopic (exact) mass is 174 g/mol. The number of amides is 1. The molecule has 0 aromatic heterocycles. The highest BCUT2D eigenvalue weighted by atomic mass is 16.1. The lowest BCUT2D eigenvalue weighted by Gasteiger charge is -1.95. The lowest BCUT2D eigenvalue weighted by Crippen LogP contribution is -2.06. The molecule has 0 aliphatic rings. The summed E-state index contributed by atoms with van der Waals surface area (Å²) in [5.74, 6) is -0.541. The van der Waals surface area contributed by atoms with Gasteiger partial charge < -0.3 is 11.1 Å². The molecule has 0 fully saturated rings. The molecule has 0 spiro atoms. The lowest BCUT2D eigenvalue weighted by atomic mass is 10.1. The molecular weight excluding hydrogens is 164 g/mol. The summed E-state index contributed by atoms with van der Waals surface area (Å²) >= 11 is 0. The third-order valence-corrected chi connectivity index (χ3v) is 1.50. The van der Waals surface area contributed by atoms with Crippen LogP contribution in [0.1, 0.15) is 5.56 Å². The van der Waals surface area contributed by atoms with Crippen LogP contribution in [0.2, 0.25) is 0 Å². The zero-order chi connectivity index (χ0) is 9.68. The van der Waals surface area contributed by atoms with Crippen LogP contribution < -0.4 is 5.73 Å². The van der Waals surface area contributed by atoms with E-state index in [4.69, 9.17) is 11.1 Å². The first kappa shape index (κ1) is 9.19. The van der Waals surface area contributed by atoms with Crippen LogP contribution in [0.3, 0.4) is 0 Å². The van der Waals surface area contributed by atoms with E-state index >= 15 is 0 Å². The maximum absolute atomic E-state index is 10.4. The minimum atomic E-state index is -0.541. The third-order valence-electron chi connectivity index (χ3n) is 1.50. The molecule has 1 aromatic rings. The fourth-order valence-electron chi connectivity index (χ4n) is 0.879. The maximum atomic E-state index is 10.4. The molecule has 1 aromatic carbocycles. The number of rotatable bonds is 3. The number of hydrogen-bond acceptors (Lipinski definition) is 2. The fraction of sp³-hybridized carbons (Fsp3) is 0. The average molecular weight is 174 g/mol. The molecule has 0 saturated heterocycles. The predicted molar refractivity (Wildman–Crippen MR) is 51.6 cm³/mol. The van der Waals surface area contributed by atoms with Crippen LogP contribution in [-0.4, -0.2) is 11.6 Å². The molecule has 0 atom stereocenters. The van der Waals surface area contributed by atoms with Crippen molar-refractivity contribution >= 4 is 11.6 Å². The molecule has 1 amide bonds. The van der Waals surface area contributed by atoms with Crippen molar-refractivity contribution in [2.75, 3.05) is 0 Å². The first-order valence-electron chi connectivity index (χ1n) is 3.81. The normalized spacial score (nSPS) is 10.2. The van der Waals surface area contributed by atoms with Gasteiger partial charge in [-0.05, 0) is 11.6 Å². The van der Waals surface area contributed by atoms with E-state index in [-0.39, 0.29) is 5.71 Å². The summed E-state index contributed by atoms with van der Waals surface area (Å²) in [4.78, 5) is 10.4. The van der Waals surface area contributed by atoms with Gasteiger partial charge in [0.2, 0.25) is 5.91 Å². The molecule has 0 unspecified atom stereocenters. The number of carbonyl (C=O) groups is 1. The second kappa shape index (κ2) is 4.21. The van der Waals surface area contributed by atoms with Crippen LogP contribution in [0.4, 0.5) is 0 Å². The Morgan fingerprint density at radius 2 is 1.85 bits per heavy atom. The van der Waals surface area contributed by atoms with Crippen molar-refractivity contribution in [1.29, 1.82) is 5.41 Å². The van der Waals surface area contributed by atoms with Gasteiger partial charge >= 0.3 is 0 Å². The van der Waals surface area contributed by atoms with E-state index in [0.29, 0.717) is 0 Å². The van der Waals surface area contributed by atoms with E-state index in [1.54, 1.807) is 12.1 Å². The summed E-state index contributed by atoms with van der Waals surface area (Å²) in [6.45, 7) is 0. The van der Waals surface area contributed by atoms with Crippen LogP contribution in [0, 0.1) is 5.41 Å². The van der Waals surface area contributed by atoms with Crippen molar-refractivity contribution in [1.82, 2.24) is 0 Å². The zero-order valence-electron chi connectivity index (χ0n) is 7.03. The van der Waals surface area contributed by atoms with Gasteiger partial charge in [0.05, 0.1) is 5.71 Å². The van der Waals surface area contributed by atoms with Gasteiger partial charge in [0, 0.05) is 6.08 Å². The maximum Gasteiger partial charge on any atom is 0.241 e.